The Morgan fingerprint density at radius 2 is 2.11 bits per heavy atom. The third-order valence-corrected chi connectivity index (χ3v) is 4.93. The van der Waals surface area contributed by atoms with Gasteiger partial charge in [-0.2, -0.15) is 0 Å². The number of Topliss-reactive ketones (excluding diaryl/α,β-unsaturated/α-hetero) is 1. The predicted molar refractivity (Wildman–Crippen MR) is 66.0 cm³/mol. The zero-order valence-corrected chi connectivity index (χ0v) is 11.4. The average Bonchev–Trinajstić information content (AvgIpc) is 2.97. The topological polar surface area (TPSA) is 87.0 Å². The van der Waals surface area contributed by atoms with Crippen molar-refractivity contribution in [2.24, 2.45) is 11.3 Å². The average molecular weight is 268 g/mol. The lowest BCUT2D eigenvalue weighted by Crippen LogP contribution is -2.57. The predicted octanol–water partition coefficient (Wildman–Crippen LogP) is 0.131. The molecule has 2 saturated carbocycles. The Labute approximate surface area is 111 Å². The molecule has 106 valence electrons. The van der Waals surface area contributed by atoms with Crippen LogP contribution in [0.5, 0.6) is 0 Å². The van der Waals surface area contributed by atoms with Gasteiger partial charge in [0.05, 0.1) is 23.2 Å². The molecule has 3 N–H and O–H groups in total. The number of hydrogen-bond donors (Lipinski definition) is 3. The molecule has 5 heteroatoms. The molecule has 0 aromatic carbocycles. The molecule has 3 aliphatic rings. The van der Waals surface area contributed by atoms with Crippen molar-refractivity contribution in [1.82, 2.24) is 0 Å². The van der Waals surface area contributed by atoms with Crippen LogP contribution in [0, 0.1) is 11.3 Å². The van der Waals surface area contributed by atoms with Gasteiger partial charge >= 0.3 is 0 Å². The van der Waals surface area contributed by atoms with Gasteiger partial charge in [0, 0.05) is 17.9 Å². The number of hydrogen-bond acceptors (Lipinski definition) is 5. The summed E-state index contributed by atoms with van der Waals surface area (Å²) in [6.45, 7) is 5.20. The van der Waals surface area contributed by atoms with Gasteiger partial charge < -0.3 is 20.1 Å². The van der Waals surface area contributed by atoms with Gasteiger partial charge in [-0.25, -0.2) is 0 Å². The van der Waals surface area contributed by atoms with E-state index in [2.05, 4.69) is 0 Å². The molecule has 0 aromatic heterocycles. The van der Waals surface area contributed by atoms with Gasteiger partial charge in [0.25, 0.3) is 0 Å². The SMILES string of the molecule is C[C@H](O)/C=C1\C[C@H](O)C23C[C@H]2C(C)(C)O[C@]3(O)C1=O. The highest BCUT2D eigenvalue weighted by Crippen LogP contribution is 2.75. The minimum Gasteiger partial charge on any atom is -0.392 e. The first-order valence-corrected chi connectivity index (χ1v) is 6.69. The van der Waals surface area contributed by atoms with Crippen molar-refractivity contribution in [3.05, 3.63) is 11.6 Å². The van der Waals surface area contributed by atoms with Gasteiger partial charge in [-0.1, -0.05) is 0 Å². The number of carbonyl (C=O) groups is 1. The maximum atomic E-state index is 12.5. The Kier molecular flexibility index (Phi) is 2.42. The van der Waals surface area contributed by atoms with Crippen LogP contribution >= 0.6 is 0 Å². The molecular weight excluding hydrogens is 248 g/mol. The first kappa shape index (κ1) is 13.2. The minimum absolute atomic E-state index is 0.00273. The van der Waals surface area contributed by atoms with Crippen LogP contribution in [-0.2, 0) is 9.53 Å². The van der Waals surface area contributed by atoms with E-state index in [0.717, 1.165) is 0 Å². The highest BCUT2D eigenvalue weighted by atomic mass is 16.7. The highest BCUT2D eigenvalue weighted by molar-refractivity contribution is 6.03. The summed E-state index contributed by atoms with van der Waals surface area (Å²) >= 11 is 0. The van der Waals surface area contributed by atoms with E-state index in [9.17, 15) is 20.1 Å². The summed E-state index contributed by atoms with van der Waals surface area (Å²) in [4.78, 5) is 12.5. The van der Waals surface area contributed by atoms with Crippen LogP contribution in [0.15, 0.2) is 11.6 Å². The summed E-state index contributed by atoms with van der Waals surface area (Å²) in [6.07, 6.45) is 0.538. The second kappa shape index (κ2) is 3.47. The first-order valence-electron chi connectivity index (χ1n) is 6.69. The summed E-state index contributed by atoms with van der Waals surface area (Å²) in [6, 6.07) is 0. The molecule has 2 aliphatic carbocycles. The van der Waals surface area contributed by atoms with Gasteiger partial charge in [0.2, 0.25) is 11.6 Å². The number of aliphatic hydroxyl groups excluding tert-OH is 2. The quantitative estimate of drug-likeness (QED) is 0.588. The van der Waals surface area contributed by atoms with Crippen molar-refractivity contribution >= 4 is 5.78 Å². The van der Waals surface area contributed by atoms with Crippen molar-refractivity contribution in [3.63, 3.8) is 0 Å². The molecule has 0 amide bonds. The van der Waals surface area contributed by atoms with Crippen molar-refractivity contribution in [2.45, 2.75) is 57.2 Å². The van der Waals surface area contributed by atoms with Crippen LogP contribution in [0.25, 0.3) is 0 Å². The van der Waals surface area contributed by atoms with Crippen LogP contribution < -0.4 is 0 Å². The molecule has 19 heavy (non-hydrogen) atoms. The van der Waals surface area contributed by atoms with Gasteiger partial charge in [0.15, 0.2) is 0 Å². The van der Waals surface area contributed by atoms with Crippen molar-refractivity contribution in [3.8, 4) is 0 Å². The molecule has 5 atom stereocenters. The van der Waals surface area contributed by atoms with E-state index in [1.807, 2.05) is 13.8 Å². The number of ether oxygens (including phenoxy) is 1. The van der Waals surface area contributed by atoms with Gasteiger partial charge in [-0.05, 0) is 33.3 Å². The largest absolute Gasteiger partial charge is 0.392 e. The lowest BCUT2D eigenvalue weighted by Gasteiger charge is -2.40. The van der Waals surface area contributed by atoms with Crippen LogP contribution in [0.4, 0.5) is 0 Å². The Bertz CT molecular complexity index is 480. The molecule has 1 heterocycles. The standard InChI is InChI=1S/C14H20O5/c1-7(15)4-8-5-10(16)13-6-9(13)12(2,3)19-14(13,18)11(8)17/h4,7,9-10,15-16,18H,5-6H2,1-3H3/b8-4+/t7-,9-,10-,13?,14+/m0/s1. The molecule has 0 radical (unpaired) electrons. The summed E-state index contributed by atoms with van der Waals surface area (Å²) in [7, 11) is 0. The fourth-order valence-corrected chi connectivity index (χ4v) is 4.05. The van der Waals surface area contributed by atoms with E-state index in [1.54, 1.807) is 0 Å². The zero-order valence-electron chi connectivity index (χ0n) is 11.4. The molecule has 1 saturated heterocycles. The van der Waals surface area contributed by atoms with E-state index in [1.165, 1.54) is 13.0 Å². The zero-order chi connectivity index (χ0) is 14.2. The molecule has 1 spiro atoms. The molecule has 1 unspecified atom stereocenters. The molecule has 1 aliphatic heterocycles. The van der Waals surface area contributed by atoms with Crippen molar-refractivity contribution in [1.29, 1.82) is 0 Å². The lowest BCUT2D eigenvalue weighted by molar-refractivity contribution is -0.255. The highest BCUT2D eigenvalue weighted by Gasteiger charge is 2.84. The van der Waals surface area contributed by atoms with E-state index >= 15 is 0 Å². The maximum absolute atomic E-state index is 12.5. The summed E-state index contributed by atoms with van der Waals surface area (Å²) < 4.78 is 5.61. The Balaban J connectivity index is 2.05. The van der Waals surface area contributed by atoms with E-state index in [4.69, 9.17) is 4.74 Å². The molecule has 3 rings (SSSR count). The van der Waals surface area contributed by atoms with Crippen molar-refractivity contribution in [2.75, 3.05) is 0 Å². The fourth-order valence-electron chi connectivity index (χ4n) is 4.05. The fraction of sp³-hybridized carbons (Fsp3) is 0.786. The normalized spacial score (nSPS) is 50.8. The minimum atomic E-state index is -1.94. The Hall–Kier alpha value is -0.750. The summed E-state index contributed by atoms with van der Waals surface area (Å²) in [5.41, 5.74) is -1.23. The third-order valence-electron chi connectivity index (χ3n) is 4.93. The van der Waals surface area contributed by atoms with Crippen molar-refractivity contribution < 1.29 is 24.9 Å². The van der Waals surface area contributed by atoms with Crippen LogP contribution in [-0.4, -0.2) is 44.7 Å². The molecule has 5 nitrogen and oxygen atoms in total. The van der Waals surface area contributed by atoms with Crippen LogP contribution in [0.2, 0.25) is 0 Å². The number of rotatable bonds is 1. The van der Waals surface area contributed by atoms with E-state index in [-0.39, 0.29) is 17.9 Å². The second-order valence-electron chi connectivity index (χ2n) is 6.63. The summed E-state index contributed by atoms with van der Waals surface area (Å²) in [5, 5.41) is 30.5. The monoisotopic (exact) mass is 268 g/mol. The lowest BCUT2D eigenvalue weighted by atomic mass is 9.73. The molecule has 0 aromatic rings. The number of carbonyl (C=O) groups excluding carboxylic acids is 1. The Morgan fingerprint density at radius 3 is 2.63 bits per heavy atom. The van der Waals surface area contributed by atoms with Gasteiger partial charge in [0.1, 0.15) is 0 Å². The van der Waals surface area contributed by atoms with E-state index < -0.39 is 34.8 Å². The Morgan fingerprint density at radius 1 is 1.47 bits per heavy atom. The van der Waals surface area contributed by atoms with Gasteiger partial charge in [-0.15, -0.1) is 0 Å². The van der Waals surface area contributed by atoms with Crippen LogP contribution in [0.3, 0.4) is 0 Å². The van der Waals surface area contributed by atoms with E-state index in [0.29, 0.717) is 6.42 Å². The second-order valence-corrected chi connectivity index (χ2v) is 6.63. The molecular formula is C14H20O5. The van der Waals surface area contributed by atoms with Gasteiger partial charge in [-0.3, -0.25) is 4.79 Å². The molecule has 0 bridgehead atoms. The summed E-state index contributed by atoms with van der Waals surface area (Å²) in [5.74, 6) is -2.46. The third kappa shape index (κ3) is 1.41. The first-order chi connectivity index (χ1) is 8.65. The number of aliphatic hydroxyl groups is 3. The van der Waals surface area contributed by atoms with Crippen LogP contribution in [0.1, 0.15) is 33.6 Å². The maximum Gasteiger partial charge on any atom is 0.240 e. The molecule has 3 fully saturated rings. The smallest absolute Gasteiger partial charge is 0.240 e. The number of ketones is 1.